The van der Waals surface area contributed by atoms with Crippen LogP contribution in [-0.4, -0.2) is 50.8 Å². The third-order valence-electron chi connectivity index (χ3n) is 4.54. The Morgan fingerprint density at radius 3 is 2.70 bits per heavy atom. The summed E-state index contributed by atoms with van der Waals surface area (Å²) in [5, 5.41) is 24.5. The van der Waals surface area contributed by atoms with E-state index in [-0.39, 0.29) is 80.2 Å². The van der Waals surface area contributed by atoms with Gasteiger partial charge in [-0.05, 0) is 6.92 Å². The topological polar surface area (TPSA) is 92.7 Å². The van der Waals surface area contributed by atoms with Crippen molar-refractivity contribution in [1.82, 2.24) is 10.2 Å². The Morgan fingerprint density at radius 2 is 2.22 bits per heavy atom. The summed E-state index contributed by atoms with van der Waals surface area (Å²) in [5.41, 5.74) is -0.0257. The average Bonchev–Trinajstić information content (AvgIpc) is 2.92. The van der Waals surface area contributed by atoms with Gasteiger partial charge in [0, 0.05) is 29.0 Å². The van der Waals surface area contributed by atoms with Crippen molar-refractivity contribution in [3.8, 4) is 0 Å². The van der Waals surface area contributed by atoms with E-state index in [1.165, 1.54) is 16.7 Å². The van der Waals surface area contributed by atoms with Crippen LogP contribution in [0, 0.1) is 11.8 Å². The van der Waals surface area contributed by atoms with Gasteiger partial charge in [0.25, 0.3) is 0 Å². The SMILES string of the molecule is C[C@@H](O)[C@H]1C(=O)N2C(C(=O)[O-])=C(S[C@@H]3CNC(=S)C3)[C@H](C)[C@H]12.[K+]. The van der Waals surface area contributed by atoms with Gasteiger partial charge in [-0.2, -0.15) is 0 Å². The average molecular weight is 381 g/mol. The largest absolute Gasteiger partial charge is 1.00 e. The molecule has 0 aromatic rings. The summed E-state index contributed by atoms with van der Waals surface area (Å²) in [6, 6.07) is -0.288. The molecule has 6 nitrogen and oxygen atoms in total. The summed E-state index contributed by atoms with van der Waals surface area (Å²) in [6.45, 7) is 4.16. The second-order valence-electron chi connectivity index (χ2n) is 6.00. The number of nitrogens with zero attached hydrogens (tertiary/aromatic N) is 1. The van der Waals surface area contributed by atoms with Crippen molar-refractivity contribution in [2.75, 3.05) is 6.54 Å². The number of rotatable bonds is 4. The Hall–Kier alpha value is 0.516. The number of nitrogens with one attached hydrogen (secondary N) is 1. The number of thiocarbonyl (C=S) groups is 1. The van der Waals surface area contributed by atoms with E-state index in [0.717, 1.165) is 4.99 Å². The first-order valence-corrected chi connectivity index (χ1v) is 8.51. The normalized spacial score (nSPS) is 33.8. The van der Waals surface area contributed by atoms with Crippen LogP contribution >= 0.6 is 24.0 Å². The predicted octanol–water partition coefficient (Wildman–Crippen LogP) is -3.77. The van der Waals surface area contributed by atoms with E-state index in [2.05, 4.69) is 5.32 Å². The monoisotopic (exact) mass is 380 g/mol. The fourth-order valence-electron chi connectivity index (χ4n) is 3.51. The molecule has 0 radical (unpaired) electrons. The molecule has 0 aliphatic carbocycles. The molecule has 2 N–H and O–H groups in total. The van der Waals surface area contributed by atoms with Gasteiger partial charge < -0.3 is 25.2 Å². The molecule has 3 heterocycles. The van der Waals surface area contributed by atoms with Crippen LogP contribution in [0.1, 0.15) is 20.3 Å². The maximum Gasteiger partial charge on any atom is 1.00 e. The second kappa shape index (κ2) is 7.41. The molecule has 0 unspecified atom stereocenters. The van der Waals surface area contributed by atoms with Crippen LogP contribution in [0.4, 0.5) is 0 Å². The van der Waals surface area contributed by atoms with Crippen LogP contribution in [0.5, 0.6) is 0 Å². The van der Waals surface area contributed by atoms with Gasteiger partial charge in [-0.15, -0.1) is 11.8 Å². The van der Waals surface area contributed by atoms with E-state index in [4.69, 9.17) is 12.2 Å². The number of β-lactam (4-membered cyclic amide) rings is 1. The Labute approximate surface area is 186 Å². The molecule has 0 saturated carbocycles. The minimum absolute atomic E-state index is 0. The molecule has 23 heavy (non-hydrogen) atoms. The molecule has 120 valence electrons. The van der Waals surface area contributed by atoms with Crippen molar-refractivity contribution >= 4 is 40.8 Å². The van der Waals surface area contributed by atoms with Crippen molar-refractivity contribution in [2.24, 2.45) is 11.8 Å². The Kier molecular flexibility index (Phi) is 6.39. The van der Waals surface area contributed by atoms with Gasteiger partial charge in [0.2, 0.25) is 5.91 Å². The number of hydrogen-bond donors (Lipinski definition) is 2. The summed E-state index contributed by atoms with van der Waals surface area (Å²) in [6.07, 6.45) is -0.0843. The maximum atomic E-state index is 12.2. The minimum atomic E-state index is -1.33. The maximum absolute atomic E-state index is 12.2. The van der Waals surface area contributed by atoms with Crippen molar-refractivity contribution in [3.63, 3.8) is 0 Å². The Morgan fingerprint density at radius 1 is 1.57 bits per heavy atom. The number of amides is 1. The molecule has 9 heteroatoms. The van der Waals surface area contributed by atoms with E-state index in [9.17, 15) is 19.8 Å². The number of thioether (sulfide) groups is 1. The summed E-state index contributed by atoms with van der Waals surface area (Å²) < 4.78 is 0. The van der Waals surface area contributed by atoms with Gasteiger partial charge in [-0.25, -0.2) is 0 Å². The zero-order chi connectivity index (χ0) is 16.2. The second-order valence-corrected chi connectivity index (χ2v) is 7.84. The van der Waals surface area contributed by atoms with E-state index >= 15 is 0 Å². The van der Waals surface area contributed by atoms with E-state index in [1.54, 1.807) is 6.92 Å². The van der Waals surface area contributed by atoms with E-state index in [1.807, 2.05) is 6.92 Å². The summed E-state index contributed by atoms with van der Waals surface area (Å²) in [4.78, 5) is 26.4. The van der Waals surface area contributed by atoms with E-state index in [0.29, 0.717) is 17.9 Å². The van der Waals surface area contributed by atoms with Gasteiger partial charge in [0.05, 0.1) is 34.7 Å². The van der Waals surface area contributed by atoms with E-state index < -0.39 is 18.0 Å². The Bertz CT molecular complexity index is 595. The van der Waals surface area contributed by atoms with Crippen LogP contribution in [0.3, 0.4) is 0 Å². The summed E-state index contributed by atoms with van der Waals surface area (Å²) in [5.74, 6) is -2.32. The number of carboxylic acids is 1. The van der Waals surface area contributed by atoms with Gasteiger partial charge in [0.1, 0.15) is 0 Å². The van der Waals surface area contributed by atoms with Crippen molar-refractivity contribution in [3.05, 3.63) is 10.6 Å². The van der Waals surface area contributed by atoms with Crippen LogP contribution in [0.25, 0.3) is 0 Å². The molecule has 1 amide bonds. The number of aliphatic carboxylic acids is 1. The van der Waals surface area contributed by atoms with Crippen molar-refractivity contribution in [1.29, 1.82) is 0 Å². The number of carbonyl (C=O) groups excluding carboxylic acids is 2. The first kappa shape index (κ1) is 19.8. The summed E-state index contributed by atoms with van der Waals surface area (Å²) >= 11 is 6.57. The van der Waals surface area contributed by atoms with Crippen molar-refractivity contribution in [2.45, 2.75) is 37.7 Å². The fraction of sp³-hybridized carbons (Fsp3) is 0.643. The van der Waals surface area contributed by atoms with Crippen LogP contribution in [0.2, 0.25) is 0 Å². The fourth-order valence-corrected chi connectivity index (χ4v) is 5.32. The summed E-state index contributed by atoms with van der Waals surface area (Å²) in [7, 11) is 0. The third kappa shape index (κ3) is 3.31. The standard InChI is InChI=1S/C14H18N2O4S2.K/c1-5-10-9(6(2)17)13(18)16(10)11(14(19)20)12(5)22-7-3-8(21)15-4-7;/h5-7,9-10,17H,3-4H2,1-2H3,(H,15,21)(H,19,20);/q;+1/p-1/t5-,6-,7+,9-,10-;/m1./s1. The number of hydrogen-bond acceptors (Lipinski definition) is 6. The number of aliphatic hydroxyl groups excluding tert-OH is 1. The third-order valence-corrected chi connectivity index (χ3v) is 6.33. The molecule has 0 spiro atoms. The number of carboxylic acid groups (broad SMARTS) is 1. The minimum Gasteiger partial charge on any atom is -0.543 e. The van der Waals surface area contributed by atoms with Crippen LogP contribution in [-0.2, 0) is 9.59 Å². The Balaban J connectivity index is 0.00000192. The number of aliphatic hydroxyl groups is 1. The molecule has 3 rings (SSSR count). The number of fused-ring (bicyclic) bond motifs is 1. The quantitative estimate of drug-likeness (QED) is 0.294. The molecule has 0 aromatic carbocycles. The van der Waals surface area contributed by atoms with Gasteiger partial charge in [0.15, 0.2) is 0 Å². The molecular formula is C14H17KN2O4S2. The number of carbonyl (C=O) groups is 2. The predicted molar refractivity (Wildman–Crippen MR) is 83.6 cm³/mol. The zero-order valence-corrected chi connectivity index (χ0v) is 18.0. The van der Waals surface area contributed by atoms with Crippen molar-refractivity contribution < 1.29 is 71.2 Å². The first-order chi connectivity index (χ1) is 10.3. The molecule has 0 aromatic heterocycles. The molecule has 5 atom stereocenters. The smallest absolute Gasteiger partial charge is 0.543 e. The van der Waals surface area contributed by atoms with Gasteiger partial charge in [-0.1, -0.05) is 19.1 Å². The molecule has 3 aliphatic rings. The molecule has 2 fully saturated rings. The van der Waals surface area contributed by atoms with Gasteiger partial charge in [-0.3, -0.25) is 4.79 Å². The first-order valence-electron chi connectivity index (χ1n) is 7.23. The van der Waals surface area contributed by atoms with Crippen LogP contribution in [0.15, 0.2) is 10.6 Å². The zero-order valence-electron chi connectivity index (χ0n) is 13.2. The van der Waals surface area contributed by atoms with Gasteiger partial charge >= 0.3 is 51.4 Å². The molecule has 3 aliphatic heterocycles. The molecule has 2 saturated heterocycles. The molecular weight excluding hydrogens is 363 g/mol. The van der Waals surface area contributed by atoms with Crippen LogP contribution < -0.4 is 61.8 Å². The molecule has 0 bridgehead atoms.